The molecule has 0 radical (unpaired) electrons. The lowest BCUT2D eigenvalue weighted by Crippen LogP contribution is -2.35. The van der Waals surface area contributed by atoms with Gasteiger partial charge in [0.25, 0.3) is 0 Å². The number of carbonyl (C=O) groups excluding carboxylic acids is 1. The molecular weight excluding hydrogens is 395 g/mol. The molecule has 1 N–H and O–H groups in total. The minimum atomic E-state index is -3.72. The second-order valence-electron chi connectivity index (χ2n) is 6.91. The van der Waals surface area contributed by atoms with E-state index in [1.807, 2.05) is 0 Å². The largest absolute Gasteiger partial charge is 0.492 e. The maximum absolute atomic E-state index is 13.1. The number of piperidine rings is 1. The van der Waals surface area contributed by atoms with Gasteiger partial charge in [0.05, 0.1) is 13.0 Å². The summed E-state index contributed by atoms with van der Waals surface area (Å²) in [6, 6.07) is 10.3. The number of hydrogen-bond donors (Lipinski definition) is 1. The minimum Gasteiger partial charge on any atom is -0.492 e. The van der Waals surface area contributed by atoms with E-state index in [1.165, 1.54) is 22.5 Å². The smallest absolute Gasteiger partial charge is 0.246 e. The van der Waals surface area contributed by atoms with E-state index in [9.17, 15) is 17.6 Å². The normalized spacial score (nSPS) is 15.1. The van der Waals surface area contributed by atoms with Crippen molar-refractivity contribution in [3.05, 3.63) is 53.8 Å². The molecule has 0 aliphatic carbocycles. The molecule has 1 fully saturated rings. The number of nitrogens with one attached hydrogen (secondary N) is 1. The van der Waals surface area contributed by atoms with Crippen LogP contribution >= 0.6 is 0 Å². The number of rotatable bonds is 7. The highest BCUT2D eigenvalue weighted by Gasteiger charge is 2.29. The summed E-state index contributed by atoms with van der Waals surface area (Å²) in [5, 5.41) is 2.72. The number of benzene rings is 2. The number of nitrogens with zero attached hydrogens (tertiary/aromatic N) is 1. The van der Waals surface area contributed by atoms with Gasteiger partial charge in [0, 0.05) is 18.8 Å². The number of sulfonamides is 1. The third-order valence-electron chi connectivity index (χ3n) is 4.74. The molecule has 1 aliphatic heterocycles. The van der Waals surface area contributed by atoms with Crippen molar-refractivity contribution in [2.45, 2.75) is 37.5 Å². The first-order valence-electron chi connectivity index (χ1n) is 9.71. The number of anilines is 1. The van der Waals surface area contributed by atoms with Crippen LogP contribution in [-0.4, -0.2) is 38.3 Å². The quantitative estimate of drug-likeness (QED) is 0.743. The van der Waals surface area contributed by atoms with Crippen LogP contribution in [0.15, 0.2) is 47.4 Å². The van der Waals surface area contributed by atoms with Gasteiger partial charge in [-0.15, -0.1) is 0 Å². The van der Waals surface area contributed by atoms with E-state index in [0.717, 1.165) is 19.3 Å². The fourth-order valence-corrected chi connectivity index (χ4v) is 4.97. The summed E-state index contributed by atoms with van der Waals surface area (Å²) in [6.07, 6.45) is 2.74. The standard InChI is InChI=1S/C21H25FN2O4S/c1-2-28-19-11-10-18(23-21(25)14-16-6-8-17(22)9-7-16)15-20(19)29(26,27)24-12-4-3-5-13-24/h6-11,15H,2-5,12-14H2,1H3,(H,23,25). The van der Waals surface area contributed by atoms with Crippen molar-refractivity contribution < 1.29 is 22.3 Å². The summed E-state index contributed by atoms with van der Waals surface area (Å²) in [7, 11) is -3.72. The van der Waals surface area contributed by atoms with Gasteiger partial charge in [-0.2, -0.15) is 4.31 Å². The van der Waals surface area contributed by atoms with Gasteiger partial charge in [-0.1, -0.05) is 18.6 Å². The van der Waals surface area contributed by atoms with Crippen molar-refractivity contribution in [2.24, 2.45) is 0 Å². The summed E-state index contributed by atoms with van der Waals surface area (Å²) in [6.45, 7) is 3.08. The van der Waals surface area contributed by atoms with Crippen LogP contribution in [0.5, 0.6) is 5.75 Å². The lowest BCUT2D eigenvalue weighted by Gasteiger charge is -2.27. The number of halogens is 1. The zero-order valence-electron chi connectivity index (χ0n) is 16.4. The van der Waals surface area contributed by atoms with E-state index in [4.69, 9.17) is 4.74 Å². The highest BCUT2D eigenvalue weighted by atomic mass is 32.2. The summed E-state index contributed by atoms with van der Waals surface area (Å²) >= 11 is 0. The summed E-state index contributed by atoms with van der Waals surface area (Å²) < 4.78 is 46.3. The Balaban J connectivity index is 1.82. The third kappa shape index (κ3) is 5.33. The van der Waals surface area contributed by atoms with Crippen LogP contribution < -0.4 is 10.1 Å². The maximum atomic E-state index is 13.1. The van der Waals surface area contributed by atoms with E-state index < -0.39 is 10.0 Å². The molecule has 29 heavy (non-hydrogen) atoms. The van der Waals surface area contributed by atoms with Crippen LogP contribution in [0, 0.1) is 5.82 Å². The second-order valence-corrected chi connectivity index (χ2v) is 8.82. The van der Waals surface area contributed by atoms with Crippen LogP contribution in [0.2, 0.25) is 0 Å². The Kier molecular flexibility index (Phi) is 6.87. The van der Waals surface area contributed by atoms with Gasteiger partial charge in [-0.25, -0.2) is 12.8 Å². The van der Waals surface area contributed by atoms with Crippen LogP contribution in [0.4, 0.5) is 10.1 Å². The van der Waals surface area contributed by atoms with Gasteiger partial charge in [0.1, 0.15) is 16.5 Å². The van der Waals surface area contributed by atoms with Crippen molar-refractivity contribution in [1.82, 2.24) is 4.31 Å². The van der Waals surface area contributed by atoms with Gasteiger partial charge in [0.2, 0.25) is 15.9 Å². The van der Waals surface area contributed by atoms with E-state index in [0.29, 0.717) is 30.9 Å². The van der Waals surface area contributed by atoms with Crippen molar-refractivity contribution in [3.8, 4) is 5.75 Å². The molecule has 1 amide bonds. The van der Waals surface area contributed by atoms with Gasteiger partial charge < -0.3 is 10.1 Å². The first kappa shape index (κ1) is 21.3. The fourth-order valence-electron chi connectivity index (χ4n) is 3.30. The number of hydrogen-bond acceptors (Lipinski definition) is 4. The SMILES string of the molecule is CCOc1ccc(NC(=O)Cc2ccc(F)cc2)cc1S(=O)(=O)N1CCCCC1. The van der Waals surface area contributed by atoms with Crippen LogP contribution in [0.1, 0.15) is 31.7 Å². The molecule has 0 unspecified atom stereocenters. The van der Waals surface area contributed by atoms with Gasteiger partial charge in [0.15, 0.2) is 0 Å². The Morgan fingerprint density at radius 2 is 1.79 bits per heavy atom. The van der Waals surface area contributed by atoms with Gasteiger partial charge in [-0.05, 0) is 55.7 Å². The molecule has 0 spiro atoms. The summed E-state index contributed by atoms with van der Waals surface area (Å²) in [4.78, 5) is 12.4. The van der Waals surface area contributed by atoms with Crippen molar-refractivity contribution in [3.63, 3.8) is 0 Å². The zero-order valence-corrected chi connectivity index (χ0v) is 17.2. The first-order chi connectivity index (χ1) is 13.9. The summed E-state index contributed by atoms with van der Waals surface area (Å²) in [5.41, 5.74) is 1.03. The first-order valence-corrected chi connectivity index (χ1v) is 11.2. The molecule has 8 heteroatoms. The molecule has 1 aliphatic rings. The highest BCUT2D eigenvalue weighted by Crippen LogP contribution is 2.31. The Morgan fingerprint density at radius 1 is 1.10 bits per heavy atom. The molecule has 0 atom stereocenters. The Labute approximate surface area is 170 Å². The zero-order chi connectivity index (χ0) is 20.9. The van der Waals surface area contributed by atoms with Crippen molar-refractivity contribution in [2.75, 3.05) is 25.0 Å². The van der Waals surface area contributed by atoms with E-state index in [2.05, 4.69) is 5.32 Å². The predicted molar refractivity (Wildman–Crippen MR) is 109 cm³/mol. The molecule has 3 rings (SSSR count). The highest BCUT2D eigenvalue weighted by molar-refractivity contribution is 7.89. The second kappa shape index (κ2) is 9.37. The van der Waals surface area contributed by atoms with Gasteiger partial charge >= 0.3 is 0 Å². The Morgan fingerprint density at radius 3 is 2.45 bits per heavy atom. The average Bonchev–Trinajstić information content (AvgIpc) is 2.71. The van der Waals surface area contributed by atoms with Crippen molar-refractivity contribution in [1.29, 1.82) is 0 Å². The monoisotopic (exact) mass is 420 g/mol. The number of amides is 1. The van der Waals surface area contributed by atoms with E-state index in [-0.39, 0.29) is 28.8 Å². The molecule has 1 saturated heterocycles. The van der Waals surface area contributed by atoms with Crippen molar-refractivity contribution >= 4 is 21.6 Å². The topological polar surface area (TPSA) is 75.7 Å². The molecule has 156 valence electrons. The minimum absolute atomic E-state index is 0.0563. The molecule has 0 saturated carbocycles. The third-order valence-corrected chi connectivity index (χ3v) is 6.66. The van der Waals surface area contributed by atoms with Gasteiger partial charge in [-0.3, -0.25) is 4.79 Å². The predicted octanol–water partition coefficient (Wildman–Crippen LogP) is 3.58. The molecule has 2 aromatic carbocycles. The van der Waals surface area contributed by atoms with Crippen LogP contribution in [0.3, 0.4) is 0 Å². The molecule has 6 nitrogen and oxygen atoms in total. The lowest BCUT2D eigenvalue weighted by molar-refractivity contribution is -0.115. The Bertz CT molecular complexity index is 955. The fraction of sp³-hybridized carbons (Fsp3) is 0.381. The maximum Gasteiger partial charge on any atom is 0.246 e. The van der Waals surface area contributed by atoms with Crippen LogP contribution in [-0.2, 0) is 21.2 Å². The average molecular weight is 421 g/mol. The van der Waals surface area contributed by atoms with E-state index in [1.54, 1.807) is 31.2 Å². The molecule has 2 aromatic rings. The number of carbonyl (C=O) groups is 1. The van der Waals surface area contributed by atoms with E-state index >= 15 is 0 Å². The Hall–Kier alpha value is -2.45. The molecule has 1 heterocycles. The number of ether oxygens (including phenoxy) is 1. The lowest BCUT2D eigenvalue weighted by atomic mass is 10.1. The molecular formula is C21H25FN2O4S. The molecule has 0 bridgehead atoms. The van der Waals surface area contributed by atoms with Crippen LogP contribution in [0.25, 0.3) is 0 Å². The molecule has 0 aromatic heterocycles. The summed E-state index contributed by atoms with van der Waals surface area (Å²) in [5.74, 6) is -0.412.